The van der Waals surface area contributed by atoms with E-state index in [9.17, 15) is 14.7 Å². The third-order valence-electron chi connectivity index (χ3n) is 7.13. The number of nitrogens with zero attached hydrogens (tertiary/aromatic N) is 4. The lowest BCUT2D eigenvalue weighted by Gasteiger charge is -2.15. The SMILES string of the molecule is Cc1c(-c2ccc(C(N)=O)c3[nH]c(-c4cnn(C[C@@H](O)CO)c4)cc23)cccc1-n1cnc2ccccc2c1=O. The maximum atomic E-state index is 13.3. The van der Waals surface area contributed by atoms with Gasteiger partial charge < -0.3 is 20.9 Å². The molecule has 1 atom stereocenters. The Kier molecular flexibility index (Phi) is 6.25. The second kappa shape index (κ2) is 9.92. The number of fused-ring (bicyclic) bond motifs is 2. The summed E-state index contributed by atoms with van der Waals surface area (Å²) in [5, 5.41) is 24.5. The lowest BCUT2D eigenvalue weighted by atomic mass is 9.94. The minimum atomic E-state index is -0.927. The number of aromatic amines is 1. The largest absolute Gasteiger partial charge is 0.394 e. The van der Waals surface area contributed by atoms with Crippen LogP contribution in [0, 0.1) is 6.92 Å². The van der Waals surface area contributed by atoms with E-state index < -0.39 is 12.0 Å². The molecular formula is C30H26N6O4. The number of amides is 1. The first-order valence-corrected chi connectivity index (χ1v) is 12.7. The summed E-state index contributed by atoms with van der Waals surface area (Å²) in [7, 11) is 0. The number of H-pyrrole nitrogens is 1. The molecule has 3 aromatic heterocycles. The summed E-state index contributed by atoms with van der Waals surface area (Å²) in [6.07, 6.45) is 4.01. The van der Waals surface area contributed by atoms with Crippen LogP contribution in [0.2, 0.25) is 0 Å². The molecule has 6 rings (SSSR count). The standard InChI is InChI=1S/C30H26N6O4/c1-17-20(6-4-8-27(17)36-16-32-25-7-3-2-5-22(25)30(36)40)21-9-10-23(29(31)39)28-24(21)11-26(34-28)18-12-33-35(13-18)14-19(38)15-37/h2-13,16,19,34,37-38H,14-15H2,1H3,(H2,31,39)/t19-/m1/s1. The van der Waals surface area contributed by atoms with Crippen LogP contribution in [0.15, 0.2) is 84.2 Å². The summed E-state index contributed by atoms with van der Waals surface area (Å²) >= 11 is 0. The van der Waals surface area contributed by atoms with Gasteiger partial charge in [0.05, 0.1) is 53.1 Å². The van der Waals surface area contributed by atoms with Crippen LogP contribution in [-0.2, 0) is 6.54 Å². The Morgan fingerprint density at radius 3 is 2.70 bits per heavy atom. The van der Waals surface area contributed by atoms with Gasteiger partial charge in [-0.05, 0) is 53.9 Å². The highest BCUT2D eigenvalue weighted by Crippen LogP contribution is 2.37. The number of primary amides is 1. The van der Waals surface area contributed by atoms with Crippen molar-refractivity contribution < 1.29 is 15.0 Å². The van der Waals surface area contributed by atoms with E-state index in [-0.39, 0.29) is 18.7 Å². The number of aliphatic hydroxyl groups is 2. The lowest BCUT2D eigenvalue weighted by Crippen LogP contribution is -2.19. The minimum Gasteiger partial charge on any atom is -0.394 e. The Labute approximate surface area is 228 Å². The van der Waals surface area contributed by atoms with E-state index in [0.717, 1.165) is 27.6 Å². The minimum absolute atomic E-state index is 0.142. The third-order valence-corrected chi connectivity index (χ3v) is 7.13. The van der Waals surface area contributed by atoms with E-state index >= 15 is 0 Å². The Morgan fingerprint density at radius 1 is 1.07 bits per heavy atom. The number of carbonyl (C=O) groups is 1. The molecule has 6 aromatic rings. The van der Waals surface area contributed by atoms with Crippen molar-refractivity contribution >= 4 is 27.7 Å². The average molecular weight is 535 g/mol. The van der Waals surface area contributed by atoms with Crippen molar-refractivity contribution in [1.29, 1.82) is 0 Å². The fraction of sp³-hybridized carbons (Fsp3) is 0.133. The summed E-state index contributed by atoms with van der Waals surface area (Å²) < 4.78 is 3.09. The van der Waals surface area contributed by atoms with Crippen LogP contribution in [0.25, 0.3) is 49.9 Å². The van der Waals surface area contributed by atoms with Gasteiger partial charge >= 0.3 is 0 Å². The molecule has 40 heavy (non-hydrogen) atoms. The zero-order chi connectivity index (χ0) is 28.0. The van der Waals surface area contributed by atoms with Gasteiger partial charge in [-0.1, -0.05) is 30.3 Å². The van der Waals surface area contributed by atoms with Crippen molar-refractivity contribution in [3.63, 3.8) is 0 Å². The van der Waals surface area contributed by atoms with Gasteiger partial charge in [0, 0.05) is 22.8 Å². The molecule has 0 saturated heterocycles. The molecule has 0 fully saturated rings. The van der Waals surface area contributed by atoms with Gasteiger partial charge in [-0.25, -0.2) is 4.98 Å². The molecule has 0 bridgehead atoms. The molecule has 0 spiro atoms. The van der Waals surface area contributed by atoms with E-state index in [1.807, 2.05) is 55.5 Å². The van der Waals surface area contributed by atoms with Crippen LogP contribution >= 0.6 is 0 Å². The van der Waals surface area contributed by atoms with Crippen molar-refractivity contribution in [3.05, 3.63) is 101 Å². The predicted octanol–water partition coefficient (Wildman–Crippen LogP) is 3.16. The number of benzene rings is 3. The van der Waals surface area contributed by atoms with Gasteiger partial charge in [0.2, 0.25) is 0 Å². The highest BCUT2D eigenvalue weighted by Gasteiger charge is 2.19. The molecule has 1 amide bonds. The van der Waals surface area contributed by atoms with Gasteiger partial charge in [-0.2, -0.15) is 5.10 Å². The first-order valence-electron chi connectivity index (χ1n) is 12.7. The highest BCUT2D eigenvalue weighted by atomic mass is 16.3. The van der Waals surface area contributed by atoms with Crippen LogP contribution in [0.5, 0.6) is 0 Å². The summed E-state index contributed by atoms with van der Waals surface area (Å²) in [5.74, 6) is -0.564. The van der Waals surface area contributed by atoms with Gasteiger partial charge in [0.25, 0.3) is 11.5 Å². The number of nitrogens with two attached hydrogens (primary N) is 1. The maximum absolute atomic E-state index is 13.3. The molecule has 0 saturated carbocycles. The summed E-state index contributed by atoms with van der Waals surface area (Å²) in [6.45, 7) is 1.72. The number of hydrogen-bond donors (Lipinski definition) is 4. The number of carbonyl (C=O) groups excluding carboxylic acids is 1. The normalized spacial score (nSPS) is 12.3. The molecule has 3 aromatic carbocycles. The fourth-order valence-electron chi connectivity index (χ4n) is 5.11. The molecule has 0 radical (unpaired) electrons. The molecule has 0 aliphatic heterocycles. The van der Waals surface area contributed by atoms with Crippen LogP contribution in [0.3, 0.4) is 0 Å². The van der Waals surface area contributed by atoms with Crippen LogP contribution in [0.1, 0.15) is 15.9 Å². The topological polar surface area (TPSA) is 152 Å². The Balaban J connectivity index is 1.50. The number of para-hydroxylation sites is 1. The van der Waals surface area contributed by atoms with Gasteiger partial charge in [0.1, 0.15) is 6.33 Å². The second-order valence-corrected chi connectivity index (χ2v) is 9.67. The maximum Gasteiger partial charge on any atom is 0.265 e. The van der Waals surface area contributed by atoms with Gasteiger partial charge in [-0.15, -0.1) is 0 Å². The molecule has 3 heterocycles. The Bertz CT molecular complexity index is 1970. The number of aromatic nitrogens is 5. The molecule has 200 valence electrons. The summed E-state index contributed by atoms with van der Waals surface area (Å²) in [4.78, 5) is 33.4. The zero-order valence-electron chi connectivity index (χ0n) is 21.6. The van der Waals surface area contributed by atoms with Gasteiger partial charge in [0.15, 0.2) is 0 Å². The van der Waals surface area contributed by atoms with Crippen LogP contribution in [-0.4, -0.2) is 53.1 Å². The Hall–Kier alpha value is -5.06. The van der Waals surface area contributed by atoms with E-state index in [2.05, 4.69) is 15.1 Å². The fourth-order valence-corrected chi connectivity index (χ4v) is 5.11. The summed E-state index contributed by atoms with van der Waals surface area (Å²) in [5.41, 5.74) is 11.9. The molecule has 5 N–H and O–H groups in total. The smallest absolute Gasteiger partial charge is 0.265 e. The number of aliphatic hydroxyl groups excluding tert-OH is 2. The van der Waals surface area contributed by atoms with Crippen molar-refractivity contribution in [3.8, 4) is 28.1 Å². The first-order chi connectivity index (χ1) is 19.4. The van der Waals surface area contributed by atoms with Crippen molar-refractivity contribution in [1.82, 2.24) is 24.3 Å². The molecule has 10 heteroatoms. The molecule has 0 aliphatic rings. The zero-order valence-corrected chi connectivity index (χ0v) is 21.6. The molecule has 10 nitrogen and oxygen atoms in total. The molecule has 0 unspecified atom stereocenters. The quantitative estimate of drug-likeness (QED) is 0.247. The van der Waals surface area contributed by atoms with Crippen molar-refractivity contribution in [2.45, 2.75) is 19.6 Å². The van der Waals surface area contributed by atoms with E-state index in [1.54, 1.807) is 40.1 Å². The Morgan fingerprint density at radius 2 is 1.90 bits per heavy atom. The molecular weight excluding hydrogens is 508 g/mol. The number of nitrogens with one attached hydrogen (secondary N) is 1. The van der Waals surface area contributed by atoms with Crippen LogP contribution < -0.4 is 11.3 Å². The third kappa shape index (κ3) is 4.25. The van der Waals surface area contributed by atoms with E-state index in [4.69, 9.17) is 10.8 Å². The monoisotopic (exact) mass is 534 g/mol. The van der Waals surface area contributed by atoms with E-state index in [1.165, 1.54) is 0 Å². The lowest BCUT2D eigenvalue weighted by molar-refractivity contribution is 0.0783. The van der Waals surface area contributed by atoms with Crippen molar-refractivity contribution in [2.24, 2.45) is 5.73 Å². The highest BCUT2D eigenvalue weighted by molar-refractivity contribution is 6.10. The first kappa shape index (κ1) is 25.2. The second-order valence-electron chi connectivity index (χ2n) is 9.67. The molecule has 0 aliphatic carbocycles. The van der Waals surface area contributed by atoms with Crippen molar-refractivity contribution in [2.75, 3.05) is 6.61 Å². The van der Waals surface area contributed by atoms with Crippen LogP contribution in [0.4, 0.5) is 0 Å². The average Bonchev–Trinajstić information content (AvgIpc) is 3.61. The van der Waals surface area contributed by atoms with E-state index in [0.29, 0.717) is 33.4 Å². The number of rotatable bonds is 7. The number of hydrogen-bond acceptors (Lipinski definition) is 6. The summed E-state index contributed by atoms with van der Waals surface area (Å²) in [6, 6.07) is 18.4. The van der Waals surface area contributed by atoms with Gasteiger partial charge in [-0.3, -0.25) is 18.8 Å². The predicted molar refractivity (Wildman–Crippen MR) is 152 cm³/mol.